The summed E-state index contributed by atoms with van der Waals surface area (Å²) in [6.45, 7) is 4.03. The Morgan fingerprint density at radius 2 is 2.03 bits per heavy atom. The van der Waals surface area contributed by atoms with Gasteiger partial charge in [0.1, 0.15) is 30.3 Å². The monoisotopic (exact) mass is 484 g/mol. The Morgan fingerprint density at radius 1 is 1.26 bits per heavy atom. The van der Waals surface area contributed by atoms with Crippen molar-refractivity contribution >= 4 is 23.2 Å². The average Bonchev–Trinajstić information content (AvgIpc) is 3.40. The number of aliphatic hydroxyl groups excluding tert-OH is 1. The van der Waals surface area contributed by atoms with E-state index < -0.39 is 6.10 Å². The number of aliphatic hydroxyl groups is 1. The summed E-state index contributed by atoms with van der Waals surface area (Å²) >= 11 is 5.92. The lowest BCUT2D eigenvalue weighted by molar-refractivity contribution is 0.0722. The molecule has 180 valence electrons. The van der Waals surface area contributed by atoms with Gasteiger partial charge < -0.3 is 19.9 Å². The number of hydrogen-bond donors (Lipinski definition) is 2. The highest BCUT2D eigenvalue weighted by atomic mass is 35.5. The third kappa shape index (κ3) is 6.28. The number of nitrogens with one attached hydrogen (secondary N) is 1. The Labute approximate surface area is 204 Å². The lowest BCUT2D eigenvalue weighted by atomic mass is 10.2. The molecule has 2 heterocycles. The zero-order valence-electron chi connectivity index (χ0n) is 19.3. The van der Waals surface area contributed by atoms with Crippen LogP contribution in [0.25, 0.3) is 0 Å². The van der Waals surface area contributed by atoms with E-state index in [4.69, 9.17) is 21.1 Å². The van der Waals surface area contributed by atoms with E-state index in [1.54, 1.807) is 29.9 Å². The van der Waals surface area contributed by atoms with Crippen LogP contribution in [0.1, 0.15) is 22.6 Å². The number of benzene rings is 2. The molecule has 0 bridgehead atoms. The SMILES string of the molecule is Cc1cc(C(=O)Nc2ccccc2OCC(O)CN2CCC(Oc3ccc(Cl)cc3)C2)nn1C. The van der Waals surface area contributed by atoms with E-state index in [0.717, 1.165) is 31.0 Å². The molecule has 1 fully saturated rings. The molecule has 1 aromatic heterocycles. The highest BCUT2D eigenvalue weighted by molar-refractivity contribution is 6.30. The number of rotatable bonds is 9. The second-order valence-corrected chi connectivity index (χ2v) is 8.89. The van der Waals surface area contributed by atoms with Crippen LogP contribution >= 0.6 is 11.6 Å². The Balaban J connectivity index is 1.26. The van der Waals surface area contributed by atoms with Gasteiger partial charge in [-0.2, -0.15) is 5.10 Å². The number of para-hydroxylation sites is 2. The Bertz CT molecular complexity index is 1100. The molecule has 0 radical (unpaired) electrons. The fourth-order valence-corrected chi connectivity index (χ4v) is 3.98. The van der Waals surface area contributed by atoms with E-state index >= 15 is 0 Å². The zero-order valence-corrected chi connectivity index (χ0v) is 20.0. The van der Waals surface area contributed by atoms with E-state index in [1.807, 2.05) is 43.3 Å². The minimum absolute atomic E-state index is 0.0699. The van der Waals surface area contributed by atoms with Crippen LogP contribution in [0.5, 0.6) is 11.5 Å². The van der Waals surface area contributed by atoms with Gasteiger partial charge in [0.25, 0.3) is 5.91 Å². The van der Waals surface area contributed by atoms with Crippen LogP contribution in [0.3, 0.4) is 0 Å². The highest BCUT2D eigenvalue weighted by Crippen LogP contribution is 2.25. The summed E-state index contributed by atoms with van der Waals surface area (Å²) in [6, 6.07) is 16.2. The molecule has 8 nitrogen and oxygen atoms in total. The first-order valence-electron chi connectivity index (χ1n) is 11.2. The second kappa shape index (κ2) is 10.9. The van der Waals surface area contributed by atoms with Crippen LogP contribution in [0.15, 0.2) is 54.6 Å². The third-order valence-corrected chi connectivity index (χ3v) is 5.98. The molecule has 0 saturated carbocycles. The molecule has 1 aliphatic rings. The number of likely N-dealkylation sites (tertiary alicyclic amines) is 1. The van der Waals surface area contributed by atoms with Gasteiger partial charge in [-0.1, -0.05) is 23.7 Å². The number of aromatic nitrogens is 2. The summed E-state index contributed by atoms with van der Waals surface area (Å²) in [4.78, 5) is 14.7. The van der Waals surface area contributed by atoms with E-state index in [2.05, 4.69) is 15.3 Å². The molecule has 4 rings (SSSR count). The van der Waals surface area contributed by atoms with Crippen molar-refractivity contribution in [2.45, 2.75) is 25.6 Å². The van der Waals surface area contributed by atoms with Gasteiger partial charge in [0.05, 0.1) is 5.69 Å². The van der Waals surface area contributed by atoms with Gasteiger partial charge >= 0.3 is 0 Å². The van der Waals surface area contributed by atoms with Crippen LogP contribution in [0.2, 0.25) is 5.02 Å². The number of aryl methyl sites for hydroxylation is 2. The minimum atomic E-state index is -0.684. The number of anilines is 1. The summed E-state index contributed by atoms with van der Waals surface area (Å²) in [5, 5.41) is 18.3. The van der Waals surface area contributed by atoms with E-state index in [9.17, 15) is 9.90 Å². The zero-order chi connectivity index (χ0) is 24.1. The van der Waals surface area contributed by atoms with Crippen LogP contribution in [0, 0.1) is 6.92 Å². The van der Waals surface area contributed by atoms with Crippen molar-refractivity contribution in [3.8, 4) is 11.5 Å². The molecule has 9 heteroatoms. The molecule has 1 saturated heterocycles. The molecule has 3 aromatic rings. The van der Waals surface area contributed by atoms with E-state index in [0.29, 0.717) is 28.7 Å². The maximum atomic E-state index is 12.6. The minimum Gasteiger partial charge on any atom is -0.489 e. The van der Waals surface area contributed by atoms with Crippen LogP contribution < -0.4 is 14.8 Å². The number of hydrogen-bond acceptors (Lipinski definition) is 6. The molecular weight excluding hydrogens is 456 g/mol. The van der Waals surface area contributed by atoms with Crippen LogP contribution in [-0.2, 0) is 7.05 Å². The molecule has 1 amide bonds. The molecule has 0 aliphatic carbocycles. The molecule has 1 aliphatic heterocycles. The summed E-state index contributed by atoms with van der Waals surface area (Å²) in [6.07, 6.45) is 0.273. The number of carbonyl (C=O) groups excluding carboxylic acids is 1. The quantitative estimate of drug-likeness (QED) is 0.483. The maximum absolute atomic E-state index is 12.6. The summed E-state index contributed by atoms with van der Waals surface area (Å²) < 4.78 is 13.5. The van der Waals surface area contributed by atoms with Gasteiger partial charge in [-0.15, -0.1) is 0 Å². The first-order valence-corrected chi connectivity index (χ1v) is 11.6. The molecule has 0 spiro atoms. The van der Waals surface area contributed by atoms with E-state index in [1.165, 1.54) is 0 Å². The summed E-state index contributed by atoms with van der Waals surface area (Å²) in [7, 11) is 1.79. The molecule has 2 unspecified atom stereocenters. The fourth-order valence-electron chi connectivity index (χ4n) is 3.86. The Kier molecular flexibility index (Phi) is 7.72. The van der Waals surface area contributed by atoms with Crippen molar-refractivity contribution in [1.82, 2.24) is 14.7 Å². The first kappa shape index (κ1) is 24.1. The number of carbonyl (C=O) groups is 1. The number of halogens is 1. The largest absolute Gasteiger partial charge is 0.489 e. The molecule has 2 N–H and O–H groups in total. The Morgan fingerprint density at radius 3 is 2.76 bits per heavy atom. The van der Waals surface area contributed by atoms with Crippen LogP contribution in [0.4, 0.5) is 5.69 Å². The molecular formula is C25H29ClN4O4. The summed E-state index contributed by atoms with van der Waals surface area (Å²) in [5.41, 5.74) is 1.75. The number of amides is 1. The van der Waals surface area contributed by atoms with Crippen molar-refractivity contribution in [3.05, 3.63) is 71.0 Å². The molecule has 2 aromatic carbocycles. The van der Waals surface area contributed by atoms with Gasteiger partial charge in [-0.05, 0) is 55.8 Å². The lowest BCUT2D eigenvalue weighted by Crippen LogP contribution is -2.35. The van der Waals surface area contributed by atoms with Crippen molar-refractivity contribution < 1.29 is 19.4 Å². The molecule has 34 heavy (non-hydrogen) atoms. The van der Waals surface area contributed by atoms with Crippen LogP contribution in [-0.4, -0.2) is 64.1 Å². The van der Waals surface area contributed by atoms with Gasteiger partial charge in [0.15, 0.2) is 5.69 Å². The van der Waals surface area contributed by atoms with Gasteiger partial charge in [0, 0.05) is 37.4 Å². The topological polar surface area (TPSA) is 88.8 Å². The summed E-state index contributed by atoms with van der Waals surface area (Å²) in [5.74, 6) is 0.969. The fraction of sp³-hybridized carbons (Fsp3) is 0.360. The standard InChI is InChI=1S/C25H29ClN4O4/c1-17-13-23(28-29(17)2)25(32)27-22-5-3-4-6-24(22)33-16-19(31)14-30-12-11-21(15-30)34-20-9-7-18(26)8-10-20/h3-10,13,19,21,31H,11-12,14-16H2,1-2H3,(H,27,32). The van der Waals surface area contributed by atoms with Crippen molar-refractivity contribution in [1.29, 1.82) is 0 Å². The number of nitrogens with zero attached hydrogens (tertiary/aromatic N) is 3. The Hall–Kier alpha value is -3.07. The highest BCUT2D eigenvalue weighted by Gasteiger charge is 2.26. The van der Waals surface area contributed by atoms with Gasteiger partial charge in [-0.25, -0.2) is 0 Å². The van der Waals surface area contributed by atoms with Crippen molar-refractivity contribution in [2.75, 3.05) is 31.6 Å². The molecule has 2 atom stereocenters. The third-order valence-electron chi connectivity index (χ3n) is 5.73. The normalized spacial score (nSPS) is 16.9. The average molecular weight is 485 g/mol. The lowest BCUT2D eigenvalue weighted by Gasteiger charge is -2.21. The maximum Gasteiger partial charge on any atom is 0.276 e. The second-order valence-electron chi connectivity index (χ2n) is 8.45. The number of β-amino-alcohol motifs (C(OH)–C–C–N with tert-alkyl or cyclic N) is 1. The number of ether oxygens (including phenoxy) is 2. The predicted octanol–water partition coefficient (Wildman–Crippen LogP) is 3.53. The van der Waals surface area contributed by atoms with Crippen molar-refractivity contribution in [3.63, 3.8) is 0 Å². The first-order chi connectivity index (χ1) is 16.4. The predicted molar refractivity (Wildman–Crippen MR) is 131 cm³/mol. The van der Waals surface area contributed by atoms with Gasteiger partial charge in [0.2, 0.25) is 0 Å². The van der Waals surface area contributed by atoms with Crippen molar-refractivity contribution in [2.24, 2.45) is 7.05 Å². The van der Waals surface area contributed by atoms with Gasteiger partial charge in [-0.3, -0.25) is 14.4 Å². The smallest absolute Gasteiger partial charge is 0.276 e. The van der Waals surface area contributed by atoms with E-state index in [-0.39, 0.29) is 18.6 Å².